The van der Waals surface area contributed by atoms with Gasteiger partial charge in [0.1, 0.15) is 0 Å². The number of ketones is 1. The Bertz CT molecular complexity index is 1170. The lowest BCUT2D eigenvalue weighted by Gasteiger charge is -2.16. The lowest BCUT2D eigenvalue weighted by atomic mass is 10.0. The van der Waals surface area contributed by atoms with Crippen molar-refractivity contribution in [3.05, 3.63) is 71.8 Å². The van der Waals surface area contributed by atoms with Gasteiger partial charge < -0.3 is 15.4 Å². The number of carbonyl (C=O) groups is 4. The average molecular weight is 418 g/mol. The fourth-order valence-corrected chi connectivity index (χ4v) is 3.01. The smallest absolute Gasteiger partial charge is 0.341 e. The van der Waals surface area contributed by atoms with Gasteiger partial charge in [0.2, 0.25) is 5.91 Å². The van der Waals surface area contributed by atoms with Crippen LogP contribution in [0, 0.1) is 0 Å². The molecule has 0 aliphatic heterocycles. The van der Waals surface area contributed by atoms with E-state index in [1.54, 1.807) is 36.4 Å². The molecule has 2 N–H and O–H groups in total. The van der Waals surface area contributed by atoms with Gasteiger partial charge in [0, 0.05) is 18.2 Å². The van der Waals surface area contributed by atoms with E-state index in [0.717, 1.165) is 10.8 Å². The summed E-state index contributed by atoms with van der Waals surface area (Å²) >= 11 is 0. The molecule has 7 nitrogen and oxygen atoms in total. The van der Waals surface area contributed by atoms with Crippen molar-refractivity contribution < 1.29 is 23.9 Å². The van der Waals surface area contributed by atoms with Crippen LogP contribution in [0.1, 0.15) is 41.5 Å². The van der Waals surface area contributed by atoms with Crippen molar-refractivity contribution in [2.24, 2.45) is 0 Å². The van der Waals surface area contributed by atoms with Crippen molar-refractivity contribution in [2.75, 3.05) is 10.6 Å². The van der Waals surface area contributed by atoms with Crippen LogP contribution in [-0.2, 0) is 14.3 Å². The number of carbonyl (C=O) groups excluding carboxylic acids is 4. The minimum Gasteiger partial charge on any atom is -0.449 e. The Hall–Kier alpha value is -4.00. The molecule has 0 heterocycles. The number of ether oxygens (including phenoxy) is 1. The van der Waals surface area contributed by atoms with Crippen molar-refractivity contribution in [3.63, 3.8) is 0 Å². The third kappa shape index (κ3) is 5.33. The van der Waals surface area contributed by atoms with Crippen LogP contribution in [0.5, 0.6) is 0 Å². The Kier molecular flexibility index (Phi) is 6.45. The van der Waals surface area contributed by atoms with E-state index < -0.39 is 18.0 Å². The van der Waals surface area contributed by atoms with Crippen LogP contribution in [-0.4, -0.2) is 29.7 Å². The third-order valence-electron chi connectivity index (χ3n) is 4.63. The molecule has 0 bridgehead atoms. The zero-order valence-corrected chi connectivity index (χ0v) is 17.4. The molecule has 158 valence electrons. The van der Waals surface area contributed by atoms with E-state index in [2.05, 4.69) is 10.6 Å². The van der Waals surface area contributed by atoms with Crippen LogP contribution in [0.3, 0.4) is 0 Å². The van der Waals surface area contributed by atoms with E-state index in [1.807, 2.05) is 24.3 Å². The normalized spacial score (nSPS) is 11.5. The number of nitrogens with one attached hydrogen (secondary N) is 2. The highest BCUT2D eigenvalue weighted by Crippen LogP contribution is 2.25. The molecule has 0 aliphatic carbocycles. The standard InChI is InChI=1S/C24H22N2O5/c1-14(27)17-8-10-20(11-9-17)26-23(29)15(2)31-24(30)21-12-18-6-4-5-7-19(18)13-22(21)25-16(3)28/h4-13,15H,1-3H3,(H,25,28)(H,26,29). The van der Waals surface area contributed by atoms with Gasteiger partial charge in [-0.3, -0.25) is 14.4 Å². The number of rotatable bonds is 6. The fraction of sp³-hybridized carbons (Fsp3) is 0.167. The fourth-order valence-electron chi connectivity index (χ4n) is 3.01. The van der Waals surface area contributed by atoms with E-state index in [0.29, 0.717) is 16.9 Å². The summed E-state index contributed by atoms with van der Waals surface area (Å²) < 4.78 is 5.35. The molecule has 1 unspecified atom stereocenters. The SMILES string of the molecule is CC(=O)Nc1cc2ccccc2cc1C(=O)OC(C)C(=O)Nc1ccc(C(C)=O)cc1. The predicted molar refractivity (Wildman–Crippen MR) is 118 cm³/mol. The molecule has 3 aromatic rings. The maximum Gasteiger partial charge on any atom is 0.341 e. The van der Waals surface area contributed by atoms with E-state index >= 15 is 0 Å². The Morgan fingerprint density at radius 1 is 0.839 bits per heavy atom. The summed E-state index contributed by atoms with van der Waals surface area (Å²) in [4.78, 5) is 48.2. The number of esters is 1. The Morgan fingerprint density at radius 3 is 2.03 bits per heavy atom. The van der Waals surface area contributed by atoms with Crippen molar-refractivity contribution in [3.8, 4) is 0 Å². The third-order valence-corrected chi connectivity index (χ3v) is 4.63. The molecule has 2 amide bonds. The van der Waals surface area contributed by atoms with Crippen LogP contribution in [0.25, 0.3) is 10.8 Å². The quantitative estimate of drug-likeness (QED) is 0.462. The molecule has 0 spiro atoms. The number of hydrogen-bond donors (Lipinski definition) is 2. The topological polar surface area (TPSA) is 102 Å². The van der Waals surface area contributed by atoms with Gasteiger partial charge in [-0.2, -0.15) is 0 Å². The van der Waals surface area contributed by atoms with Gasteiger partial charge in [-0.15, -0.1) is 0 Å². The molecule has 7 heteroatoms. The zero-order valence-electron chi connectivity index (χ0n) is 17.4. The van der Waals surface area contributed by atoms with Gasteiger partial charge in [-0.1, -0.05) is 24.3 Å². The molecule has 0 fully saturated rings. The van der Waals surface area contributed by atoms with Crippen molar-refractivity contribution >= 4 is 45.7 Å². The van der Waals surface area contributed by atoms with Gasteiger partial charge in [0.15, 0.2) is 11.9 Å². The summed E-state index contributed by atoms with van der Waals surface area (Å²) in [5.74, 6) is -1.66. The van der Waals surface area contributed by atoms with Crippen LogP contribution in [0.4, 0.5) is 11.4 Å². The van der Waals surface area contributed by atoms with Crippen molar-refractivity contribution in [1.29, 1.82) is 0 Å². The van der Waals surface area contributed by atoms with Crippen LogP contribution in [0.2, 0.25) is 0 Å². The average Bonchev–Trinajstić information content (AvgIpc) is 2.73. The van der Waals surface area contributed by atoms with Crippen LogP contribution >= 0.6 is 0 Å². The molecule has 0 aromatic heterocycles. The first-order chi connectivity index (χ1) is 14.7. The van der Waals surface area contributed by atoms with Crippen LogP contribution < -0.4 is 10.6 Å². The van der Waals surface area contributed by atoms with E-state index in [9.17, 15) is 19.2 Å². The number of amides is 2. The highest BCUT2D eigenvalue weighted by atomic mass is 16.5. The summed E-state index contributed by atoms with van der Waals surface area (Å²) in [5.41, 5.74) is 1.46. The summed E-state index contributed by atoms with van der Waals surface area (Å²) in [6, 6.07) is 17.1. The number of hydrogen-bond acceptors (Lipinski definition) is 5. The summed E-state index contributed by atoms with van der Waals surface area (Å²) in [6.07, 6.45) is -1.09. The molecule has 0 saturated heterocycles. The first-order valence-corrected chi connectivity index (χ1v) is 9.68. The zero-order chi connectivity index (χ0) is 22.5. The molecular weight excluding hydrogens is 396 g/mol. The molecule has 1 atom stereocenters. The monoisotopic (exact) mass is 418 g/mol. The van der Waals surface area contributed by atoms with Gasteiger partial charge in [-0.25, -0.2) is 4.79 Å². The molecular formula is C24H22N2O5. The number of Topliss-reactive ketones (excluding diaryl/α,β-unsaturated/α-hetero) is 1. The minimum atomic E-state index is -1.09. The maximum absolute atomic E-state index is 12.8. The summed E-state index contributed by atoms with van der Waals surface area (Å²) in [6.45, 7) is 4.26. The minimum absolute atomic E-state index is 0.0782. The van der Waals surface area contributed by atoms with Gasteiger partial charge in [0.05, 0.1) is 11.3 Å². The van der Waals surface area contributed by atoms with Crippen molar-refractivity contribution in [2.45, 2.75) is 26.9 Å². The number of anilines is 2. The second kappa shape index (κ2) is 9.21. The Balaban J connectivity index is 1.76. The molecule has 3 rings (SSSR count). The molecule has 31 heavy (non-hydrogen) atoms. The summed E-state index contributed by atoms with van der Waals surface area (Å²) in [5, 5.41) is 6.93. The number of benzene rings is 3. The lowest BCUT2D eigenvalue weighted by molar-refractivity contribution is -0.123. The van der Waals surface area contributed by atoms with Gasteiger partial charge in [-0.05, 0) is 61.0 Å². The van der Waals surface area contributed by atoms with Crippen molar-refractivity contribution in [1.82, 2.24) is 0 Å². The van der Waals surface area contributed by atoms with E-state index in [4.69, 9.17) is 4.74 Å². The predicted octanol–water partition coefficient (Wildman–Crippen LogP) is 4.18. The summed E-state index contributed by atoms with van der Waals surface area (Å²) in [7, 11) is 0. The van der Waals surface area contributed by atoms with E-state index in [1.165, 1.54) is 20.8 Å². The highest BCUT2D eigenvalue weighted by molar-refractivity contribution is 6.06. The number of fused-ring (bicyclic) bond motifs is 1. The molecule has 0 radical (unpaired) electrons. The second-order valence-electron chi connectivity index (χ2n) is 7.10. The molecule has 3 aromatic carbocycles. The van der Waals surface area contributed by atoms with E-state index in [-0.39, 0.29) is 17.3 Å². The first-order valence-electron chi connectivity index (χ1n) is 9.68. The largest absolute Gasteiger partial charge is 0.449 e. The van der Waals surface area contributed by atoms with Crippen LogP contribution in [0.15, 0.2) is 60.7 Å². The second-order valence-corrected chi connectivity index (χ2v) is 7.10. The lowest BCUT2D eigenvalue weighted by Crippen LogP contribution is -2.30. The molecule has 0 saturated carbocycles. The van der Waals surface area contributed by atoms with Gasteiger partial charge >= 0.3 is 5.97 Å². The Morgan fingerprint density at radius 2 is 1.45 bits per heavy atom. The Labute approximate surface area is 179 Å². The molecule has 0 aliphatic rings. The maximum atomic E-state index is 12.8. The highest BCUT2D eigenvalue weighted by Gasteiger charge is 2.22. The van der Waals surface area contributed by atoms with Gasteiger partial charge in [0.25, 0.3) is 5.91 Å². The first kappa shape index (κ1) is 21.7.